The lowest BCUT2D eigenvalue weighted by Crippen LogP contribution is -2.49. The zero-order valence-electron chi connectivity index (χ0n) is 13.7. The number of carbonyl (C=O) groups excluding carboxylic acids is 2. The van der Waals surface area contributed by atoms with E-state index in [0.29, 0.717) is 31.4 Å². The molecule has 1 N–H and O–H groups in total. The van der Waals surface area contributed by atoms with E-state index in [0.717, 1.165) is 51.3 Å². The second kappa shape index (κ2) is 6.52. The Labute approximate surface area is 140 Å². The maximum absolute atomic E-state index is 12.5. The van der Waals surface area contributed by atoms with Gasteiger partial charge in [-0.15, -0.1) is 0 Å². The number of nitrogens with one attached hydrogen (secondary N) is 1. The van der Waals surface area contributed by atoms with Crippen molar-refractivity contribution in [1.82, 2.24) is 25.2 Å². The Bertz CT molecular complexity index is 621. The summed E-state index contributed by atoms with van der Waals surface area (Å²) < 4.78 is 5.26. The number of nitrogens with zero attached hydrogens (tertiary/aromatic N) is 4. The summed E-state index contributed by atoms with van der Waals surface area (Å²) in [6.45, 7) is 5.42. The SMILES string of the molecule is O=C(CN1CCN(C(=O)c2cc(C3CC3)on2)C1)N1CCNCC1. The van der Waals surface area contributed by atoms with E-state index in [9.17, 15) is 9.59 Å². The van der Waals surface area contributed by atoms with Gasteiger partial charge in [0.25, 0.3) is 5.91 Å². The Kier molecular flexibility index (Phi) is 4.24. The minimum Gasteiger partial charge on any atom is -0.360 e. The van der Waals surface area contributed by atoms with Gasteiger partial charge in [0.05, 0.1) is 13.2 Å². The zero-order chi connectivity index (χ0) is 16.5. The van der Waals surface area contributed by atoms with Crippen LogP contribution in [0.4, 0.5) is 0 Å². The average Bonchev–Trinajstić information content (AvgIpc) is 3.16. The average molecular weight is 333 g/mol. The molecule has 0 atom stereocenters. The quantitative estimate of drug-likeness (QED) is 0.815. The molecule has 0 unspecified atom stereocenters. The van der Waals surface area contributed by atoms with E-state index < -0.39 is 0 Å². The van der Waals surface area contributed by atoms with Crippen LogP contribution in [0.2, 0.25) is 0 Å². The van der Waals surface area contributed by atoms with Crippen LogP contribution in [-0.2, 0) is 4.79 Å². The molecule has 4 rings (SSSR count). The van der Waals surface area contributed by atoms with Crippen molar-refractivity contribution in [2.75, 3.05) is 52.5 Å². The van der Waals surface area contributed by atoms with Crippen molar-refractivity contribution in [3.8, 4) is 0 Å². The standard InChI is InChI=1S/C16H23N5O3/c22-15(20-5-3-17-4-6-20)10-19-7-8-21(11-19)16(23)13-9-14(24-18-13)12-1-2-12/h9,12,17H,1-8,10-11H2. The lowest BCUT2D eigenvalue weighted by atomic mass is 10.2. The summed E-state index contributed by atoms with van der Waals surface area (Å²) in [6.07, 6.45) is 2.24. The molecule has 3 fully saturated rings. The number of aromatic nitrogens is 1. The monoisotopic (exact) mass is 333 g/mol. The molecule has 0 spiro atoms. The molecular weight excluding hydrogens is 310 g/mol. The van der Waals surface area contributed by atoms with Crippen LogP contribution >= 0.6 is 0 Å². The zero-order valence-corrected chi connectivity index (χ0v) is 13.7. The molecule has 24 heavy (non-hydrogen) atoms. The van der Waals surface area contributed by atoms with Gasteiger partial charge in [0.2, 0.25) is 5.91 Å². The number of amides is 2. The summed E-state index contributed by atoms with van der Waals surface area (Å²) in [7, 11) is 0. The maximum Gasteiger partial charge on any atom is 0.277 e. The van der Waals surface area contributed by atoms with E-state index in [4.69, 9.17) is 4.52 Å². The molecule has 2 amide bonds. The molecule has 1 aromatic heterocycles. The summed E-state index contributed by atoms with van der Waals surface area (Å²) in [5.41, 5.74) is 0.382. The highest BCUT2D eigenvalue weighted by atomic mass is 16.5. The van der Waals surface area contributed by atoms with E-state index in [2.05, 4.69) is 10.5 Å². The lowest BCUT2D eigenvalue weighted by Gasteiger charge is -2.29. The van der Waals surface area contributed by atoms with Crippen LogP contribution in [0.1, 0.15) is 35.0 Å². The van der Waals surface area contributed by atoms with Crippen molar-refractivity contribution in [3.05, 3.63) is 17.5 Å². The third kappa shape index (κ3) is 3.29. The lowest BCUT2D eigenvalue weighted by molar-refractivity contribution is -0.132. The molecule has 8 nitrogen and oxygen atoms in total. The van der Waals surface area contributed by atoms with Gasteiger partial charge in [0.1, 0.15) is 5.76 Å². The minimum atomic E-state index is -0.109. The Hall–Kier alpha value is -1.93. The topological polar surface area (TPSA) is 81.9 Å². The smallest absolute Gasteiger partial charge is 0.277 e. The highest BCUT2D eigenvalue weighted by Gasteiger charge is 2.32. The van der Waals surface area contributed by atoms with Gasteiger partial charge >= 0.3 is 0 Å². The molecule has 3 heterocycles. The fourth-order valence-corrected chi connectivity index (χ4v) is 3.26. The van der Waals surface area contributed by atoms with E-state index in [-0.39, 0.29) is 11.8 Å². The predicted octanol–water partition coefficient (Wildman–Crippen LogP) is -0.301. The molecule has 130 valence electrons. The van der Waals surface area contributed by atoms with Gasteiger partial charge in [-0.1, -0.05) is 5.16 Å². The largest absolute Gasteiger partial charge is 0.360 e. The van der Waals surface area contributed by atoms with E-state index >= 15 is 0 Å². The molecule has 0 bridgehead atoms. The predicted molar refractivity (Wildman–Crippen MR) is 85.4 cm³/mol. The van der Waals surface area contributed by atoms with E-state index in [1.165, 1.54) is 0 Å². The molecule has 1 saturated carbocycles. The number of carbonyl (C=O) groups is 2. The van der Waals surface area contributed by atoms with Crippen LogP contribution in [0.15, 0.2) is 10.6 Å². The molecule has 3 aliphatic rings. The van der Waals surface area contributed by atoms with Gasteiger partial charge in [-0.3, -0.25) is 14.5 Å². The Morgan fingerprint density at radius 3 is 2.71 bits per heavy atom. The van der Waals surface area contributed by atoms with Crippen molar-refractivity contribution in [3.63, 3.8) is 0 Å². The molecule has 8 heteroatoms. The van der Waals surface area contributed by atoms with Crippen LogP contribution < -0.4 is 5.32 Å². The number of piperazine rings is 1. The summed E-state index contributed by atoms with van der Waals surface area (Å²) in [5, 5.41) is 7.16. The second-order valence-corrected chi connectivity index (χ2v) is 6.78. The van der Waals surface area contributed by atoms with Crippen LogP contribution in [0.5, 0.6) is 0 Å². The number of hydrogen-bond acceptors (Lipinski definition) is 6. The maximum atomic E-state index is 12.5. The van der Waals surface area contributed by atoms with Crippen molar-refractivity contribution in [2.24, 2.45) is 0 Å². The molecular formula is C16H23N5O3. The van der Waals surface area contributed by atoms with Gasteiger partial charge in [0.15, 0.2) is 5.69 Å². The first-order valence-electron chi connectivity index (χ1n) is 8.67. The Morgan fingerprint density at radius 2 is 1.96 bits per heavy atom. The first-order chi connectivity index (χ1) is 11.7. The highest BCUT2D eigenvalue weighted by molar-refractivity contribution is 5.92. The van der Waals surface area contributed by atoms with Crippen molar-refractivity contribution >= 4 is 11.8 Å². The minimum absolute atomic E-state index is 0.109. The summed E-state index contributed by atoms with van der Waals surface area (Å²) in [4.78, 5) is 30.5. The molecule has 1 aromatic rings. The fourth-order valence-electron chi connectivity index (χ4n) is 3.26. The first kappa shape index (κ1) is 15.6. The first-order valence-corrected chi connectivity index (χ1v) is 8.67. The Balaban J connectivity index is 1.30. The van der Waals surface area contributed by atoms with Gasteiger partial charge in [0, 0.05) is 51.3 Å². The highest BCUT2D eigenvalue weighted by Crippen LogP contribution is 2.40. The van der Waals surface area contributed by atoms with Crippen LogP contribution in [0.25, 0.3) is 0 Å². The summed E-state index contributed by atoms with van der Waals surface area (Å²) in [5.74, 6) is 1.31. The van der Waals surface area contributed by atoms with Crippen molar-refractivity contribution in [2.45, 2.75) is 18.8 Å². The van der Waals surface area contributed by atoms with Gasteiger partial charge in [-0.2, -0.15) is 0 Å². The normalized spacial score (nSPS) is 22.2. The molecule has 2 saturated heterocycles. The van der Waals surface area contributed by atoms with Gasteiger partial charge in [-0.05, 0) is 12.8 Å². The van der Waals surface area contributed by atoms with Crippen LogP contribution in [0, 0.1) is 0 Å². The van der Waals surface area contributed by atoms with Gasteiger partial charge < -0.3 is 19.6 Å². The molecule has 1 aliphatic carbocycles. The third-order valence-electron chi connectivity index (χ3n) is 4.90. The number of rotatable bonds is 4. The summed E-state index contributed by atoms with van der Waals surface area (Å²) >= 11 is 0. The molecule has 0 aromatic carbocycles. The number of hydrogen-bond donors (Lipinski definition) is 1. The van der Waals surface area contributed by atoms with Crippen LogP contribution in [0.3, 0.4) is 0 Å². The summed E-state index contributed by atoms with van der Waals surface area (Å²) in [6, 6.07) is 1.77. The van der Waals surface area contributed by atoms with E-state index in [1.54, 1.807) is 11.0 Å². The third-order valence-corrected chi connectivity index (χ3v) is 4.90. The van der Waals surface area contributed by atoms with Crippen molar-refractivity contribution in [1.29, 1.82) is 0 Å². The fraction of sp³-hybridized carbons (Fsp3) is 0.688. The van der Waals surface area contributed by atoms with Crippen molar-refractivity contribution < 1.29 is 14.1 Å². The molecule has 0 radical (unpaired) electrons. The van der Waals surface area contributed by atoms with Crippen LogP contribution in [-0.4, -0.2) is 84.2 Å². The molecule has 2 aliphatic heterocycles. The van der Waals surface area contributed by atoms with E-state index in [1.807, 2.05) is 9.80 Å². The van der Waals surface area contributed by atoms with Gasteiger partial charge in [-0.25, -0.2) is 0 Å². The Morgan fingerprint density at radius 1 is 1.17 bits per heavy atom. The second-order valence-electron chi connectivity index (χ2n) is 6.78.